The van der Waals surface area contributed by atoms with E-state index < -0.39 is 0 Å². The molecule has 0 unspecified atom stereocenters. The number of likely N-dealkylation sites (N-methyl/N-ethyl adjacent to an activating group) is 1. The lowest BCUT2D eigenvalue weighted by Crippen LogP contribution is -2.44. The minimum atomic E-state index is 0.00677. The Bertz CT molecular complexity index is 851. The summed E-state index contributed by atoms with van der Waals surface area (Å²) in [5, 5.41) is 0. The molecule has 2 heterocycles. The lowest BCUT2D eigenvalue weighted by atomic mass is 10.0. The molecule has 1 fully saturated rings. The van der Waals surface area contributed by atoms with Crippen LogP contribution in [0.15, 0.2) is 42.5 Å². The molecule has 0 bridgehead atoms. The molecule has 5 heteroatoms. The Morgan fingerprint density at radius 3 is 2.74 bits per heavy atom. The number of amides is 1. The Morgan fingerprint density at radius 2 is 1.96 bits per heavy atom. The second kappa shape index (κ2) is 7.24. The van der Waals surface area contributed by atoms with E-state index in [1.165, 1.54) is 0 Å². The van der Waals surface area contributed by atoms with Gasteiger partial charge in [-0.2, -0.15) is 0 Å². The highest BCUT2D eigenvalue weighted by Gasteiger charge is 2.41. The predicted octanol–water partition coefficient (Wildman–Crippen LogP) is 3.29. The van der Waals surface area contributed by atoms with Gasteiger partial charge in [0.05, 0.1) is 18.7 Å². The lowest BCUT2D eigenvalue weighted by Gasteiger charge is -2.25. The van der Waals surface area contributed by atoms with Gasteiger partial charge in [-0.25, -0.2) is 0 Å². The van der Waals surface area contributed by atoms with Gasteiger partial charge in [-0.1, -0.05) is 25.1 Å². The molecule has 2 atom stereocenters. The number of carbonyl (C=O) groups excluding carboxylic acids is 1. The van der Waals surface area contributed by atoms with Gasteiger partial charge >= 0.3 is 0 Å². The van der Waals surface area contributed by atoms with Crippen molar-refractivity contribution in [3.05, 3.63) is 48.0 Å². The molecule has 0 saturated carbocycles. The summed E-state index contributed by atoms with van der Waals surface area (Å²) in [4.78, 5) is 17.2. The Kier molecular flexibility index (Phi) is 4.79. The zero-order valence-corrected chi connectivity index (χ0v) is 16.1. The third kappa shape index (κ3) is 3.28. The second-order valence-electron chi connectivity index (χ2n) is 7.34. The summed E-state index contributed by atoms with van der Waals surface area (Å²) in [5.74, 6) is 1.52. The van der Waals surface area contributed by atoms with E-state index >= 15 is 0 Å². The Hall–Kier alpha value is -2.53. The maximum atomic E-state index is 13.0. The molecule has 4 rings (SSSR count). The molecule has 2 aliphatic heterocycles. The third-order valence-electron chi connectivity index (χ3n) is 5.56. The van der Waals surface area contributed by atoms with Crippen LogP contribution in [0, 0.1) is 0 Å². The Balaban J connectivity index is 1.69. The molecule has 5 nitrogen and oxygen atoms in total. The van der Waals surface area contributed by atoms with Crippen LogP contribution in [0.5, 0.6) is 11.5 Å². The average molecular weight is 366 g/mol. The fraction of sp³-hybridized carbons (Fsp3) is 0.409. The van der Waals surface area contributed by atoms with Crippen molar-refractivity contribution >= 4 is 5.91 Å². The van der Waals surface area contributed by atoms with Crippen molar-refractivity contribution in [2.75, 3.05) is 33.8 Å². The first-order chi connectivity index (χ1) is 13.1. The first-order valence-electron chi connectivity index (χ1n) is 9.55. The molecule has 27 heavy (non-hydrogen) atoms. The van der Waals surface area contributed by atoms with Crippen LogP contribution in [0.4, 0.5) is 0 Å². The number of hydrogen-bond donors (Lipinski definition) is 0. The smallest absolute Gasteiger partial charge is 0.257 e. The van der Waals surface area contributed by atoms with Crippen LogP contribution in [-0.4, -0.2) is 61.6 Å². The van der Waals surface area contributed by atoms with E-state index in [-0.39, 0.29) is 18.1 Å². The van der Waals surface area contributed by atoms with E-state index in [0.717, 1.165) is 42.9 Å². The number of carbonyl (C=O) groups is 1. The molecule has 2 aromatic carbocycles. The van der Waals surface area contributed by atoms with E-state index in [0.29, 0.717) is 11.3 Å². The fourth-order valence-electron chi connectivity index (χ4n) is 4.10. The number of methoxy groups -OCH3 is 1. The van der Waals surface area contributed by atoms with Crippen molar-refractivity contribution in [1.29, 1.82) is 0 Å². The van der Waals surface area contributed by atoms with Crippen molar-refractivity contribution < 1.29 is 14.3 Å². The number of likely N-dealkylation sites (tertiary alicyclic amines) is 1. The van der Waals surface area contributed by atoms with Crippen molar-refractivity contribution in [1.82, 2.24) is 9.80 Å². The zero-order valence-electron chi connectivity index (χ0n) is 16.1. The van der Waals surface area contributed by atoms with Crippen molar-refractivity contribution in [2.45, 2.75) is 25.5 Å². The van der Waals surface area contributed by atoms with Crippen LogP contribution >= 0.6 is 0 Å². The molecule has 142 valence electrons. The quantitative estimate of drug-likeness (QED) is 0.833. The third-order valence-corrected chi connectivity index (χ3v) is 5.56. The number of ether oxygens (including phenoxy) is 2. The first kappa shape index (κ1) is 17.9. The summed E-state index contributed by atoms with van der Waals surface area (Å²) in [6.45, 7) is 4.95. The summed E-state index contributed by atoms with van der Waals surface area (Å²) >= 11 is 0. The first-order valence-corrected chi connectivity index (χ1v) is 9.55. The van der Waals surface area contributed by atoms with E-state index in [1.54, 1.807) is 7.11 Å². The van der Waals surface area contributed by atoms with Gasteiger partial charge in [0, 0.05) is 20.1 Å². The van der Waals surface area contributed by atoms with Gasteiger partial charge in [-0.3, -0.25) is 9.69 Å². The van der Waals surface area contributed by atoms with E-state index in [9.17, 15) is 4.79 Å². The zero-order chi connectivity index (χ0) is 19.0. The molecule has 0 spiro atoms. The monoisotopic (exact) mass is 366 g/mol. The van der Waals surface area contributed by atoms with Crippen molar-refractivity contribution in [3.63, 3.8) is 0 Å². The second-order valence-corrected chi connectivity index (χ2v) is 7.34. The molecular weight excluding hydrogens is 340 g/mol. The van der Waals surface area contributed by atoms with Crippen LogP contribution in [0.1, 0.15) is 23.7 Å². The van der Waals surface area contributed by atoms with E-state index in [2.05, 4.69) is 11.8 Å². The highest BCUT2D eigenvalue weighted by Crippen LogP contribution is 2.34. The van der Waals surface area contributed by atoms with Crippen LogP contribution < -0.4 is 9.47 Å². The molecule has 2 aromatic rings. The molecule has 1 saturated heterocycles. The number of fused-ring (bicyclic) bond motifs is 2. The largest absolute Gasteiger partial charge is 0.497 e. The fourth-order valence-corrected chi connectivity index (χ4v) is 4.10. The van der Waals surface area contributed by atoms with Crippen molar-refractivity contribution in [2.24, 2.45) is 0 Å². The van der Waals surface area contributed by atoms with Gasteiger partial charge < -0.3 is 14.4 Å². The normalized spacial score (nSPS) is 22.0. The van der Waals surface area contributed by atoms with Gasteiger partial charge in [0.1, 0.15) is 17.6 Å². The molecule has 2 aliphatic rings. The minimum absolute atomic E-state index is 0.00677. The molecular formula is C22H26N2O3. The summed E-state index contributed by atoms with van der Waals surface area (Å²) in [6, 6.07) is 13.9. The standard InChI is InChI=1S/C22H26N2O3/c1-4-10-24-13-19-21(14-24)27-20-12-16(8-9-18(20)22(25)23(19)2)15-6-5-7-17(11-15)26-3/h5-9,11-12,19,21H,4,10,13-14H2,1-3H3/t19-,21+/m1/s1. The SMILES string of the molecule is CCCN1C[C@@H]2Oc3cc(-c4cccc(OC)c4)ccc3C(=O)N(C)[C@@H]2C1. The highest BCUT2D eigenvalue weighted by atomic mass is 16.5. The number of nitrogens with zero attached hydrogens (tertiary/aromatic N) is 2. The highest BCUT2D eigenvalue weighted by molar-refractivity contribution is 5.98. The maximum absolute atomic E-state index is 13.0. The minimum Gasteiger partial charge on any atom is -0.497 e. The number of hydrogen-bond acceptors (Lipinski definition) is 4. The molecule has 0 aromatic heterocycles. The summed E-state index contributed by atoms with van der Waals surface area (Å²) in [5.41, 5.74) is 2.70. The number of rotatable bonds is 4. The summed E-state index contributed by atoms with van der Waals surface area (Å²) in [7, 11) is 3.56. The van der Waals surface area contributed by atoms with Crippen LogP contribution in [0.25, 0.3) is 11.1 Å². The predicted molar refractivity (Wildman–Crippen MR) is 105 cm³/mol. The Labute approximate surface area is 160 Å². The van der Waals surface area contributed by atoms with Gasteiger partial charge in [-0.15, -0.1) is 0 Å². The maximum Gasteiger partial charge on any atom is 0.257 e. The average Bonchev–Trinajstić information content (AvgIpc) is 3.05. The topological polar surface area (TPSA) is 42.0 Å². The van der Waals surface area contributed by atoms with Gasteiger partial charge in [0.25, 0.3) is 5.91 Å². The molecule has 0 aliphatic carbocycles. The van der Waals surface area contributed by atoms with Crippen LogP contribution in [0.3, 0.4) is 0 Å². The molecule has 0 N–H and O–H groups in total. The van der Waals surface area contributed by atoms with Crippen molar-refractivity contribution in [3.8, 4) is 22.6 Å². The molecule has 0 radical (unpaired) electrons. The van der Waals surface area contributed by atoms with Gasteiger partial charge in [0.15, 0.2) is 0 Å². The van der Waals surface area contributed by atoms with Gasteiger partial charge in [0.2, 0.25) is 0 Å². The van der Waals surface area contributed by atoms with Crippen LogP contribution in [0.2, 0.25) is 0 Å². The summed E-state index contributed by atoms with van der Waals surface area (Å²) < 4.78 is 11.7. The van der Waals surface area contributed by atoms with Crippen LogP contribution in [-0.2, 0) is 0 Å². The number of benzene rings is 2. The van der Waals surface area contributed by atoms with E-state index in [1.807, 2.05) is 54.4 Å². The summed E-state index contributed by atoms with van der Waals surface area (Å²) in [6.07, 6.45) is 1.11. The molecule has 1 amide bonds. The van der Waals surface area contributed by atoms with Gasteiger partial charge in [-0.05, 0) is 48.4 Å². The lowest BCUT2D eigenvalue weighted by molar-refractivity contribution is 0.0682. The van der Waals surface area contributed by atoms with E-state index in [4.69, 9.17) is 9.47 Å². The Morgan fingerprint density at radius 1 is 1.15 bits per heavy atom.